The van der Waals surface area contributed by atoms with Crippen molar-refractivity contribution in [1.29, 1.82) is 0 Å². The highest BCUT2D eigenvalue weighted by Crippen LogP contribution is 2.06. The van der Waals surface area contributed by atoms with Crippen LogP contribution < -0.4 is 11.1 Å². The Bertz CT molecular complexity index is 205. The van der Waals surface area contributed by atoms with Crippen LogP contribution in [0.15, 0.2) is 0 Å². The van der Waals surface area contributed by atoms with Crippen molar-refractivity contribution in [2.75, 3.05) is 6.54 Å². The first kappa shape index (κ1) is 14.1. The third kappa shape index (κ3) is 8.11. The quantitative estimate of drug-likeness (QED) is 0.760. The minimum atomic E-state index is -2.56. The summed E-state index contributed by atoms with van der Waals surface area (Å²) in [5.74, 6) is 0. The number of alkyl carbamates (subject to hydrolysis) is 1. The van der Waals surface area contributed by atoms with Gasteiger partial charge in [0, 0.05) is 6.54 Å². The van der Waals surface area contributed by atoms with E-state index in [0.717, 1.165) is 0 Å². The molecule has 15 heavy (non-hydrogen) atoms. The summed E-state index contributed by atoms with van der Waals surface area (Å²) in [6, 6.07) is -1.21. The van der Waals surface area contributed by atoms with Crippen LogP contribution in [-0.2, 0) is 4.74 Å². The normalized spacial score (nSPS) is 13.8. The van der Waals surface area contributed by atoms with Gasteiger partial charge < -0.3 is 15.8 Å². The number of hydrogen-bond donors (Lipinski definition) is 2. The Hall–Kier alpha value is -0.910. The molecule has 1 atom stereocenters. The van der Waals surface area contributed by atoms with E-state index >= 15 is 0 Å². The van der Waals surface area contributed by atoms with Crippen molar-refractivity contribution >= 4 is 6.09 Å². The van der Waals surface area contributed by atoms with Crippen molar-refractivity contribution in [3.05, 3.63) is 0 Å². The lowest BCUT2D eigenvalue weighted by Gasteiger charge is -2.20. The summed E-state index contributed by atoms with van der Waals surface area (Å²) in [5, 5.41) is 2.35. The molecule has 0 saturated carbocycles. The fourth-order valence-corrected chi connectivity index (χ4v) is 0.781. The van der Waals surface area contributed by atoms with Crippen molar-refractivity contribution < 1.29 is 18.3 Å². The molecule has 3 N–H and O–H groups in total. The van der Waals surface area contributed by atoms with Crippen LogP contribution in [0.5, 0.6) is 0 Å². The number of nitrogens with one attached hydrogen (secondary N) is 1. The van der Waals surface area contributed by atoms with Crippen molar-refractivity contribution in [2.24, 2.45) is 5.73 Å². The number of hydrogen-bond acceptors (Lipinski definition) is 3. The molecule has 0 heterocycles. The van der Waals surface area contributed by atoms with Gasteiger partial charge in [-0.25, -0.2) is 13.6 Å². The standard InChI is InChI=1S/C9H18F2N2O2/c1-9(2,3)15-8(14)13-5-4-6(12)7(10)11/h6-7H,4-5,12H2,1-3H3,(H,13,14)/t6-/m1/s1. The molecule has 0 radical (unpaired) electrons. The highest BCUT2D eigenvalue weighted by atomic mass is 19.3. The number of nitrogens with two attached hydrogens (primary N) is 1. The van der Waals surface area contributed by atoms with E-state index in [2.05, 4.69) is 5.32 Å². The molecular weight excluding hydrogens is 206 g/mol. The van der Waals surface area contributed by atoms with E-state index < -0.39 is 24.2 Å². The molecule has 0 aromatic rings. The fraction of sp³-hybridized carbons (Fsp3) is 0.889. The highest BCUT2D eigenvalue weighted by Gasteiger charge is 2.17. The molecule has 0 aliphatic rings. The maximum Gasteiger partial charge on any atom is 0.407 e. The van der Waals surface area contributed by atoms with E-state index in [9.17, 15) is 13.6 Å². The molecule has 90 valence electrons. The summed E-state index contributed by atoms with van der Waals surface area (Å²) < 4.78 is 28.8. The van der Waals surface area contributed by atoms with Crippen molar-refractivity contribution in [3.63, 3.8) is 0 Å². The van der Waals surface area contributed by atoms with E-state index in [0.29, 0.717) is 0 Å². The molecule has 0 aromatic heterocycles. The van der Waals surface area contributed by atoms with Gasteiger partial charge in [-0.2, -0.15) is 0 Å². The average Bonchev–Trinajstić information content (AvgIpc) is 2.00. The van der Waals surface area contributed by atoms with Gasteiger partial charge in [0.15, 0.2) is 0 Å². The van der Waals surface area contributed by atoms with Crippen LogP contribution in [0, 0.1) is 0 Å². The van der Waals surface area contributed by atoms with Crippen LogP contribution in [0.3, 0.4) is 0 Å². The summed E-state index contributed by atoms with van der Waals surface area (Å²) >= 11 is 0. The summed E-state index contributed by atoms with van der Waals surface area (Å²) in [7, 11) is 0. The summed E-state index contributed by atoms with van der Waals surface area (Å²) in [6.07, 6.45) is -3.16. The molecule has 0 saturated heterocycles. The Morgan fingerprint density at radius 1 is 1.47 bits per heavy atom. The highest BCUT2D eigenvalue weighted by molar-refractivity contribution is 5.67. The second kappa shape index (κ2) is 5.85. The fourth-order valence-electron chi connectivity index (χ4n) is 0.781. The maximum absolute atomic E-state index is 12.0. The molecule has 0 unspecified atom stereocenters. The monoisotopic (exact) mass is 224 g/mol. The zero-order valence-electron chi connectivity index (χ0n) is 9.22. The molecule has 1 amide bonds. The first-order valence-corrected chi connectivity index (χ1v) is 4.73. The smallest absolute Gasteiger partial charge is 0.407 e. The minimum Gasteiger partial charge on any atom is -0.444 e. The van der Waals surface area contributed by atoms with Crippen LogP contribution in [-0.4, -0.2) is 30.7 Å². The molecule has 0 fully saturated rings. The second-order valence-electron chi connectivity index (χ2n) is 4.22. The maximum atomic E-state index is 12.0. The topological polar surface area (TPSA) is 64.3 Å². The zero-order valence-corrected chi connectivity index (χ0v) is 9.22. The molecule has 0 bridgehead atoms. The van der Waals surface area contributed by atoms with Gasteiger partial charge in [0.05, 0.1) is 6.04 Å². The SMILES string of the molecule is CC(C)(C)OC(=O)NCC[C@@H](N)C(F)F. The van der Waals surface area contributed by atoms with Crippen LogP contribution in [0.1, 0.15) is 27.2 Å². The number of rotatable bonds is 4. The Morgan fingerprint density at radius 2 is 2.00 bits per heavy atom. The number of carbonyl (C=O) groups excluding carboxylic acids is 1. The van der Waals surface area contributed by atoms with Gasteiger partial charge in [0.1, 0.15) is 5.60 Å². The van der Waals surface area contributed by atoms with E-state index in [1.54, 1.807) is 20.8 Å². The number of halogens is 2. The van der Waals surface area contributed by atoms with Gasteiger partial charge >= 0.3 is 6.09 Å². The number of alkyl halides is 2. The third-order valence-electron chi connectivity index (χ3n) is 1.47. The first-order chi connectivity index (χ1) is 6.72. The number of amides is 1. The Morgan fingerprint density at radius 3 is 2.40 bits per heavy atom. The summed E-state index contributed by atoms with van der Waals surface area (Å²) in [5.41, 5.74) is 4.50. The Kier molecular flexibility index (Phi) is 5.49. The minimum absolute atomic E-state index is 0.0247. The average molecular weight is 224 g/mol. The Labute approximate surface area is 88.2 Å². The predicted octanol–water partition coefficient (Wildman–Crippen LogP) is 1.49. The van der Waals surface area contributed by atoms with Gasteiger partial charge in [-0.1, -0.05) is 0 Å². The second-order valence-corrected chi connectivity index (χ2v) is 4.22. The van der Waals surface area contributed by atoms with Gasteiger partial charge in [-0.05, 0) is 27.2 Å². The summed E-state index contributed by atoms with van der Waals surface area (Å²) in [4.78, 5) is 11.0. The molecule has 0 rings (SSSR count). The van der Waals surface area contributed by atoms with Crippen molar-refractivity contribution in [2.45, 2.75) is 45.3 Å². The van der Waals surface area contributed by atoms with Gasteiger partial charge in [-0.3, -0.25) is 0 Å². The molecule has 0 aliphatic carbocycles. The Balaban J connectivity index is 3.65. The molecule has 0 aliphatic heterocycles. The molecular formula is C9H18F2N2O2. The predicted molar refractivity (Wildman–Crippen MR) is 52.8 cm³/mol. The van der Waals surface area contributed by atoms with Gasteiger partial charge in [-0.15, -0.1) is 0 Å². The van der Waals surface area contributed by atoms with Crippen LogP contribution >= 0.6 is 0 Å². The molecule has 0 spiro atoms. The largest absolute Gasteiger partial charge is 0.444 e. The van der Waals surface area contributed by atoms with E-state index in [1.165, 1.54) is 0 Å². The van der Waals surface area contributed by atoms with Gasteiger partial charge in [0.2, 0.25) is 0 Å². The first-order valence-electron chi connectivity index (χ1n) is 4.73. The van der Waals surface area contributed by atoms with E-state index in [4.69, 9.17) is 10.5 Å². The lowest BCUT2D eigenvalue weighted by Crippen LogP contribution is -2.37. The van der Waals surface area contributed by atoms with Gasteiger partial charge in [0.25, 0.3) is 6.43 Å². The number of ether oxygens (including phenoxy) is 1. The molecule has 4 nitrogen and oxygen atoms in total. The number of carbonyl (C=O) groups is 1. The van der Waals surface area contributed by atoms with Crippen LogP contribution in [0.2, 0.25) is 0 Å². The van der Waals surface area contributed by atoms with E-state index in [-0.39, 0.29) is 13.0 Å². The van der Waals surface area contributed by atoms with Crippen LogP contribution in [0.25, 0.3) is 0 Å². The van der Waals surface area contributed by atoms with Crippen molar-refractivity contribution in [3.8, 4) is 0 Å². The molecule has 0 aromatic carbocycles. The lowest BCUT2D eigenvalue weighted by molar-refractivity contribution is 0.0517. The van der Waals surface area contributed by atoms with Crippen LogP contribution in [0.4, 0.5) is 13.6 Å². The van der Waals surface area contributed by atoms with Crippen molar-refractivity contribution in [1.82, 2.24) is 5.32 Å². The lowest BCUT2D eigenvalue weighted by atomic mass is 10.2. The zero-order chi connectivity index (χ0) is 12.1. The molecule has 6 heteroatoms. The third-order valence-corrected chi connectivity index (χ3v) is 1.47. The van der Waals surface area contributed by atoms with E-state index in [1.807, 2.05) is 0 Å². The summed E-state index contributed by atoms with van der Waals surface area (Å²) in [6.45, 7) is 5.24.